The van der Waals surface area contributed by atoms with Gasteiger partial charge in [-0.3, -0.25) is 0 Å². The van der Waals surface area contributed by atoms with Crippen molar-refractivity contribution in [2.45, 2.75) is 31.5 Å². The summed E-state index contributed by atoms with van der Waals surface area (Å²) in [7, 11) is 0. The van der Waals surface area contributed by atoms with Gasteiger partial charge in [-0.15, -0.1) is 4.99 Å². The first kappa shape index (κ1) is 17.1. The standard InChI is InChI=1S/C18H16Cl2N6/c19-15-3-1-13(7-22-15)9-25-11-18(5-6-18)26(17(25)24-12-21)10-14-2-4-16(20)23-8-14/h1-4,7-8H,5-6,9-11H2. The molecule has 132 valence electrons. The van der Waals surface area contributed by atoms with Crippen LogP contribution in [0.3, 0.4) is 0 Å². The van der Waals surface area contributed by atoms with Crippen LogP contribution in [-0.4, -0.2) is 37.8 Å². The molecule has 3 heterocycles. The Bertz CT molecular complexity index is 868. The molecule has 1 aliphatic carbocycles. The molecule has 0 unspecified atom stereocenters. The van der Waals surface area contributed by atoms with E-state index in [0.717, 1.165) is 30.5 Å². The monoisotopic (exact) mass is 386 g/mol. The molecule has 26 heavy (non-hydrogen) atoms. The quantitative estimate of drug-likeness (QED) is 0.594. The summed E-state index contributed by atoms with van der Waals surface area (Å²) < 4.78 is 0. The molecule has 1 aliphatic heterocycles. The number of halogens is 2. The van der Waals surface area contributed by atoms with Crippen molar-refractivity contribution in [1.82, 2.24) is 19.8 Å². The van der Waals surface area contributed by atoms with Crippen molar-refractivity contribution >= 4 is 29.2 Å². The lowest BCUT2D eigenvalue weighted by Gasteiger charge is -2.25. The minimum absolute atomic E-state index is 0.0508. The number of hydrogen-bond donors (Lipinski definition) is 0. The zero-order valence-electron chi connectivity index (χ0n) is 13.9. The van der Waals surface area contributed by atoms with Gasteiger partial charge in [0.05, 0.1) is 5.54 Å². The fourth-order valence-corrected chi connectivity index (χ4v) is 3.63. The minimum atomic E-state index is 0.0508. The molecule has 0 aromatic carbocycles. The highest BCUT2D eigenvalue weighted by Crippen LogP contribution is 2.48. The highest BCUT2D eigenvalue weighted by molar-refractivity contribution is 6.29. The molecule has 1 spiro atoms. The first-order valence-corrected chi connectivity index (χ1v) is 9.05. The summed E-state index contributed by atoms with van der Waals surface area (Å²) in [4.78, 5) is 16.8. The lowest BCUT2D eigenvalue weighted by molar-refractivity contribution is 0.313. The van der Waals surface area contributed by atoms with Crippen LogP contribution in [0.4, 0.5) is 0 Å². The molecule has 1 saturated heterocycles. The zero-order valence-corrected chi connectivity index (χ0v) is 15.5. The maximum Gasteiger partial charge on any atom is 0.213 e. The van der Waals surface area contributed by atoms with Crippen molar-refractivity contribution < 1.29 is 0 Å². The van der Waals surface area contributed by atoms with E-state index in [4.69, 9.17) is 23.2 Å². The lowest BCUT2D eigenvalue weighted by atomic mass is 10.2. The van der Waals surface area contributed by atoms with Gasteiger partial charge in [0.2, 0.25) is 12.2 Å². The highest BCUT2D eigenvalue weighted by Gasteiger charge is 2.56. The third-order valence-corrected chi connectivity index (χ3v) is 5.30. The van der Waals surface area contributed by atoms with E-state index in [9.17, 15) is 5.26 Å². The molecule has 0 bridgehead atoms. The molecule has 4 rings (SSSR count). The Morgan fingerprint density at radius 2 is 1.65 bits per heavy atom. The predicted octanol–water partition coefficient (Wildman–Crippen LogP) is 3.47. The van der Waals surface area contributed by atoms with E-state index in [1.54, 1.807) is 24.5 Å². The van der Waals surface area contributed by atoms with Gasteiger partial charge in [0.1, 0.15) is 10.3 Å². The van der Waals surface area contributed by atoms with E-state index in [2.05, 4.69) is 24.8 Å². The summed E-state index contributed by atoms with van der Waals surface area (Å²) in [5.41, 5.74) is 2.13. The van der Waals surface area contributed by atoms with Crippen LogP contribution >= 0.6 is 23.2 Å². The first-order valence-electron chi connectivity index (χ1n) is 8.30. The highest BCUT2D eigenvalue weighted by atomic mass is 35.5. The average molecular weight is 387 g/mol. The minimum Gasteiger partial charge on any atom is -0.335 e. The van der Waals surface area contributed by atoms with E-state index in [0.29, 0.717) is 29.4 Å². The van der Waals surface area contributed by atoms with E-state index in [1.807, 2.05) is 18.3 Å². The molecule has 0 N–H and O–H groups in total. The van der Waals surface area contributed by atoms with E-state index >= 15 is 0 Å². The van der Waals surface area contributed by atoms with Crippen LogP contribution in [-0.2, 0) is 13.1 Å². The molecule has 0 radical (unpaired) electrons. The largest absolute Gasteiger partial charge is 0.335 e. The van der Waals surface area contributed by atoms with Gasteiger partial charge in [-0.05, 0) is 36.1 Å². The van der Waals surface area contributed by atoms with Gasteiger partial charge < -0.3 is 9.80 Å². The van der Waals surface area contributed by atoms with Crippen LogP contribution in [0.15, 0.2) is 41.7 Å². The van der Waals surface area contributed by atoms with Crippen molar-refractivity contribution in [3.63, 3.8) is 0 Å². The fraction of sp³-hybridized carbons (Fsp3) is 0.333. The number of hydrogen-bond acceptors (Lipinski definition) is 4. The van der Waals surface area contributed by atoms with Gasteiger partial charge in [0.25, 0.3) is 0 Å². The van der Waals surface area contributed by atoms with Crippen LogP contribution in [0, 0.1) is 11.5 Å². The number of nitrogens with zero attached hydrogens (tertiary/aromatic N) is 6. The predicted molar refractivity (Wildman–Crippen MR) is 99.5 cm³/mol. The lowest BCUT2D eigenvalue weighted by Crippen LogP contribution is -2.36. The first-order chi connectivity index (χ1) is 12.6. The maximum absolute atomic E-state index is 9.21. The molecular weight excluding hydrogens is 371 g/mol. The molecule has 2 aromatic heterocycles. The molecule has 2 aliphatic rings. The van der Waals surface area contributed by atoms with E-state index in [-0.39, 0.29) is 5.54 Å². The second-order valence-corrected chi connectivity index (χ2v) is 7.43. The van der Waals surface area contributed by atoms with Crippen molar-refractivity contribution in [1.29, 1.82) is 5.26 Å². The number of aromatic nitrogens is 2. The molecule has 0 atom stereocenters. The summed E-state index contributed by atoms with van der Waals surface area (Å²) in [5.74, 6) is 0.704. The van der Waals surface area contributed by atoms with Crippen molar-refractivity contribution in [2.75, 3.05) is 6.54 Å². The fourth-order valence-electron chi connectivity index (χ4n) is 3.41. The van der Waals surface area contributed by atoms with Crippen LogP contribution in [0.2, 0.25) is 10.3 Å². The second kappa shape index (κ2) is 6.75. The van der Waals surface area contributed by atoms with Crippen LogP contribution in [0.1, 0.15) is 24.0 Å². The summed E-state index contributed by atoms with van der Waals surface area (Å²) in [5, 5.41) is 10.1. The van der Waals surface area contributed by atoms with Gasteiger partial charge >= 0.3 is 0 Å². The van der Waals surface area contributed by atoms with Gasteiger partial charge in [0, 0.05) is 32.0 Å². The third kappa shape index (κ3) is 3.33. The van der Waals surface area contributed by atoms with Gasteiger partial charge in [0.15, 0.2) is 0 Å². The van der Waals surface area contributed by atoms with Gasteiger partial charge in [-0.1, -0.05) is 35.3 Å². The number of aliphatic imine (C=N–C) groups is 1. The number of guanidine groups is 1. The Labute approximate surface area is 161 Å². The molecule has 2 aromatic rings. The van der Waals surface area contributed by atoms with Crippen LogP contribution < -0.4 is 0 Å². The Kier molecular flexibility index (Phi) is 4.43. The molecule has 2 fully saturated rings. The second-order valence-electron chi connectivity index (χ2n) is 6.66. The number of nitriles is 1. The molecule has 1 saturated carbocycles. The Morgan fingerprint density at radius 3 is 2.15 bits per heavy atom. The number of pyridine rings is 2. The van der Waals surface area contributed by atoms with Gasteiger partial charge in [-0.25, -0.2) is 9.97 Å². The Balaban J connectivity index is 1.59. The molecule has 8 heteroatoms. The molecular formula is C18H16Cl2N6. The molecule has 6 nitrogen and oxygen atoms in total. The van der Waals surface area contributed by atoms with Crippen LogP contribution in [0.5, 0.6) is 0 Å². The molecule has 0 amide bonds. The Morgan fingerprint density at radius 1 is 1.04 bits per heavy atom. The summed E-state index contributed by atoms with van der Waals surface area (Å²) in [6.07, 6.45) is 7.67. The average Bonchev–Trinajstić information content (AvgIpc) is 3.36. The third-order valence-electron chi connectivity index (χ3n) is 4.85. The normalized spacial score (nSPS) is 19.2. The smallest absolute Gasteiger partial charge is 0.213 e. The van der Waals surface area contributed by atoms with E-state index < -0.39 is 0 Å². The number of rotatable bonds is 4. The zero-order chi connectivity index (χ0) is 18.1. The van der Waals surface area contributed by atoms with Crippen LogP contribution in [0.25, 0.3) is 0 Å². The van der Waals surface area contributed by atoms with Crippen molar-refractivity contribution in [3.05, 3.63) is 58.1 Å². The van der Waals surface area contributed by atoms with Crippen molar-refractivity contribution in [3.8, 4) is 6.19 Å². The summed E-state index contributed by atoms with van der Waals surface area (Å²) in [6.45, 7) is 2.14. The summed E-state index contributed by atoms with van der Waals surface area (Å²) >= 11 is 11.8. The van der Waals surface area contributed by atoms with Gasteiger partial charge in [-0.2, -0.15) is 5.26 Å². The SMILES string of the molecule is N#CN=C1N(Cc2ccc(Cl)nc2)CC2(CC2)N1Cc1ccc(Cl)nc1. The topological polar surface area (TPSA) is 68.4 Å². The van der Waals surface area contributed by atoms with E-state index in [1.165, 1.54) is 0 Å². The summed E-state index contributed by atoms with van der Waals surface area (Å²) in [6, 6.07) is 7.47. The Hall–Kier alpha value is -2.36. The van der Waals surface area contributed by atoms with Crippen molar-refractivity contribution in [2.24, 2.45) is 4.99 Å². The maximum atomic E-state index is 9.21.